The smallest absolute Gasteiger partial charge is 0.254 e. The number of benzene rings is 1. The fraction of sp³-hybridized carbons (Fsp3) is 0.286. The highest BCUT2D eigenvalue weighted by Crippen LogP contribution is 2.18. The van der Waals surface area contributed by atoms with Crippen LogP contribution in [0.3, 0.4) is 0 Å². The number of rotatable bonds is 3. The van der Waals surface area contributed by atoms with Crippen LogP contribution in [-0.2, 0) is 0 Å². The Labute approximate surface area is 106 Å². The van der Waals surface area contributed by atoms with Gasteiger partial charge in [-0.2, -0.15) is 0 Å². The van der Waals surface area contributed by atoms with Gasteiger partial charge in [0.15, 0.2) is 0 Å². The Bertz CT molecular complexity index is 563. The van der Waals surface area contributed by atoms with Crippen molar-refractivity contribution in [3.05, 3.63) is 42.1 Å². The number of amides is 1. The molecule has 1 aromatic carbocycles. The molecule has 0 radical (unpaired) electrons. The van der Waals surface area contributed by atoms with Gasteiger partial charge in [0.2, 0.25) is 0 Å². The van der Waals surface area contributed by atoms with Crippen molar-refractivity contribution in [2.45, 2.75) is 13.0 Å². The maximum atomic E-state index is 12.3. The van der Waals surface area contributed by atoms with Gasteiger partial charge in [-0.05, 0) is 25.1 Å². The third-order valence-electron chi connectivity index (χ3n) is 3.12. The van der Waals surface area contributed by atoms with Crippen LogP contribution >= 0.6 is 0 Å². The number of aromatic nitrogens is 1. The van der Waals surface area contributed by atoms with Gasteiger partial charge in [0, 0.05) is 24.2 Å². The number of nitrogens with zero attached hydrogens (tertiary/aromatic N) is 2. The maximum absolute atomic E-state index is 12.3. The number of hydrogen-bond acceptors (Lipinski definition) is 3. The van der Waals surface area contributed by atoms with Crippen molar-refractivity contribution < 1.29 is 9.90 Å². The van der Waals surface area contributed by atoms with E-state index in [9.17, 15) is 4.79 Å². The van der Waals surface area contributed by atoms with E-state index < -0.39 is 0 Å². The fourth-order valence-corrected chi connectivity index (χ4v) is 1.80. The summed E-state index contributed by atoms with van der Waals surface area (Å²) in [5, 5.41) is 9.94. The summed E-state index contributed by atoms with van der Waals surface area (Å²) in [6, 6.07) is 8.97. The molecule has 0 aliphatic heterocycles. The highest BCUT2D eigenvalue weighted by atomic mass is 16.3. The van der Waals surface area contributed by atoms with Crippen LogP contribution in [0.2, 0.25) is 0 Å². The molecule has 1 heterocycles. The monoisotopic (exact) mass is 244 g/mol. The topological polar surface area (TPSA) is 53.4 Å². The summed E-state index contributed by atoms with van der Waals surface area (Å²) < 4.78 is 0. The molecule has 0 fully saturated rings. The number of fused-ring (bicyclic) bond motifs is 1. The number of pyridine rings is 1. The van der Waals surface area contributed by atoms with E-state index in [2.05, 4.69) is 4.98 Å². The zero-order valence-electron chi connectivity index (χ0n) is 10.5. The Morgan fingerprint density at radius 1 is 1.39 bits per heavy atom. The standard InChI is InChI=1S/C14H16N2O2/c1-10(9-17)16(2)14(18)12-5-3-7-13-11(12)6-4-8-15-13/h3-8,10,17H,9H2,1-2H3. The van der Waals surface area contributed by atoms with Gasteiger partial charge in [-0.15, -0.1) is 0 Å². The molecule has 2 rings (SSSR count). The third kappa shape index (κ3) is 2.19. The minimum Gasteiger partial charge on any atom is -0.394 e. The lowest BCUT2D eigenvalue weighted by atomic mass is 10.1. The molecule has 94 valence electrons. The normalized spacial score (nSPS) is 12.4. The van der Waals surface area contributed by atoms with Crippen LogP contribution in [-0.4, -0.2) is 40.6 Å². The van der Waals surface area contributed by atoms with Gasteiger partial charge >= 0.3 is 0 Å². The first-order valence-corrected chi connectivity index (χ1v) is 5.87. The van der Waals surface area contributed by atoms with Crippen LogP contribution in [0, 0.1) is 0 Å². The third-order valence-corrected chi connectivity index (χ3v) is 3.12. The molecule has 0 saturated carbocycles. The van der Waals surface area contributed by atoms with Crippen LogP contribution in [0.1, 0.15) is 17.3 Å². The molecule has 18 heavy (non-hydrogen) atoms. The second kappa shape index (κ2) is 5.14. The van der Waals surface area contributed by atoms with Gasteiger partial charge in [0.05, 0.1) is 18.2 Å². The fourth-order valence-electron chi connectivity index (χ4n) is 1.80. The lowest BCUT2D eigenvalue weighted by Crippen LogP contribution is -2.37. The molecule has 0 saturated heterocycles. The van der Waals surface area contributed by atoms with Crippen LogP contribution in [0.25, 0.3) is 10.9 Å². The average molecular weight is 244 g/mol. The number of hydrogen-bond donors (Lipinski definition) is 1. The molecule has 1 atom stereocenters. The molecule has 1 amide bonds. The van der Waals surface area contributed by atoms with E-state index >= 15 is 0 Å². The largest absolute Gasteiger partial charge is 0.394 e. The van der Waals surface area contributed by atoms with Crippen LogP contribution < -0.4 is 0 Å². The van der Waals surface area contributed by atoms with Gasteiger partial charge in [0.1, 0.15) is 0 Å². The highest BCUT2D eigenvalue weighted by molar-refractivity contribution is 6.06. The number of aliphatic hydroxyl groups is 1. The summed E-state index contributed by atoms with van der Waals surface area (Å²) in [5.74, 6) is -0.102. The molecule has 0 aliphatic carbocycles. The SMILES string of the molecule is CC(CO)N(C)C(=O)c1cccc2ncccc12. The summed E-state index contributed by atoms with van der Waals surface area (Å²) in [4.78, 5) is 18.1. The van der Waals surface area contributed by atoms with Crippen molar-refractivity contribution in [2.24, 2.45) is 0 Å². The minimum absolute atomic E-state index is 0.0503. The molecule has 4 nitrogen and oxygen atoms in total. The van der Waals surface area contributed by atoms with Crippen LogP contribution in [0.4, 0.5) is 0 Å². The van der Waals surface area contributed by atoms with Gasteiger partial charge in [-0.1, -0.05) is 12.1 Å². The zero-order valence-corrected chi connectivity index (χ0v) is 10.5. The summed E-state index contributed by atoms with van der Waals surface area (Å²) >= 11 is 0. The number of aliphatic hydroxyl groups excluding tert-OH is 1. The minimum atomic E-state index is -0.204. The quantitative estimate of drug-likeness (QED) is 0.893. The molecule has 0 bridgehead atoms. The van der Waals surface area contributed by atoms with E-state index in [1.165, 1.54) is 0 Å². The zero-order chi connectivity index (χ0) is 13.1. The number of carbonyl (C=O) groups excluding carboxylic acids is 1. The van der Waals surface area contributed by atoms with E-state index in [-0.39, 0.29) is 18.6 Å². The Balaban J connectivity index is 2.45. The molecule has 1 N–H and O–H groups in total. The van der Waals surface area contributed by atoms with E-state index in [1.54, 1.807) is 31.1 Å². The lowest BCUT2D eigenvalue weighted by molar-refractivity contribution is 0.0684. The molecular weight excluding hydrogens is 228 g/mol. The second-order valence-electron chi connectivity index (χ2n) is 4.32. The van der Waals surface area contributed by atoms with Crippen molar-refractivity contribution in [1.29, 1.82) is 0 Å². The lowest BCUT2D eigenvalue weighted by Gasteiger charge is -2.23. The maximum Gasteiger partial charge on any atom is 0.254 e. The van der Waals surface area contributed by atoms with E-state index in [4.69, 9.17) is 5.11 Å². The average Bonchev–Trinajstić information content (AvgIpc) is 2.44. The van der Waals surface area contributed by atoms with Crippen molar-refractivity contribution in [3.8, 4) is 0 Å². The molecule has 1 aromatic heterocycles. The summed E-state index contributed by atoms with van der Waals surface area (Å²) in [5.41, 5.74) is 1.41. The van der Waals surface area contributed by atoms with E-state index in [0.29, 0.717) is 5.56 Å². The summed E-state index contributed by atoms with van der Waals surface area (Å²) in [7, 11) is 1.69. The summed E-state index contributed by atoms with van der Waals surface area (Å²) in [6.07, 6.45) is 1.71. The Morgan fingerprint density at radius 2 is 2.17 bits per heavy atom. The Morgan fingerprint density at radius 3 is 2.89 bits per heavy atom. The first kappa shape index (κ1) is 12.5. The van der Waals surface area contributed by atoms with E-state index in [0.717, 1.165) is 10.9 Å². The Kier molecular flexibility index (Phi) is 3.58. The molecule has 4 heteroatoms. The van der Waals surface area contributed by atoms with Crippen LogP contribution in [0.5, 0.6) is 0 Å². The van der Waals surface area contributed by atoms with E-state index in [1.807, 2.05) is 24.3 Å². The highest BCUT2D eigenvalue weighted by Gasteiger charge is 2.18. The molecule has 0 aliphatic rings. The van der Waals surface area contributed by atoms with Gasteiger partial charge < -0.3 is 10.0 Å². The first-order chi connectivity index (χ1) is 8.65. The van der Waals surface area contributed by atoms with Crippen molar-refractivity contribution in [2.75, 3.05) is 13.7 Å². The summed E-state index contributed by atoms with van der Waals surface area (Å²) in [6.45, 7) is 1.76. The number of likely N-dealkylation sites (N-methyl/N-ethyl adjacent to an activating group) is 1. The molecule has 1 unspecified atom stereocenters. The van der Waals surface area contributed by atoms with Gasteiger partial charge in [-0.3, -0.25) is 9.78 Å². The molecule has 0 spiro atoms. The second-order valence-corrected chi connectivity index (χ2v) is 4.32. The predicted molar refractivity (Wildman–Crippen MR) is 70.4 cm³/mol. The van der Waals surface area contributed by atoms with Crippen molar-refractivity contribution in [1.82, 2.24) is 9.88 Å². The Hall–Kier alpha value is -1.94. The molecule has 2 aromatic rings. The van der Waals surface area contributed by atoms with Crippen LogP contribution in [0.15, 0.2) is 36.5 Å². The molecular formula is C14H16N2O2. The van der Waals surface area contributed by atoms with Gasteiger partial charge in [-0.25, -0.2) is 0 Å². The number of carbonyl (C=O) groups is 1. The van der Waals surface area contributed by atoms with Gasteiger partial charge in [0.25, 0.3) is 5.91 Å². The van der Waals surface area contributed by atoms with Crippen molar-refractivity contribution in [3.63, 3.8) is 0 Å². The predicted octanol–water partition coefficient (Wildman–Crippen LogP) is 1.69. The van der Waals surface area contributed by atoms with Crippen molar-refractivity contribution >= 4 is 16.8 Å². The first-order valence-electron chi connectivity index (χ1n) is 5.87.